The minimum Gasteiger partial charge on any atom is -0.391 e. The third-order valence-corrected chi connectivity index (χ3v) is 1.94. The summed E-state index contributed by atoms with van der Waals surface area (Å²) in [4.78, 5) is 10.8. The zero-order chi connectivity index (χ0) is 7.78. The summed E-state index contributed by atoms with van der Waals surface area (Å²) in [6, 6.07) is 0. The van der Waals surface area contributed by atoms with Crippen LogP contribution in [0.3, 0.4) is 0 Å². The van der Waals surface area contributed by atoms with E-state index in [4.69, 9.17) is 0 Å². The number of hydrogen-bond acceptors (Lipinski definition) is 2. The van der Waals surface area contributed by atoms with Gasteiger partial charge in [-0.05, 0) is 20.3 Å². The highest BCUT2D eigenvalue weighted by molar-refractivity contribution is 5.77. The lowest BCUT2D eigenvalue weighted by Crippen LogP contribution is -2.55. The molecule has 1 aliphatic heterocycles. The van der Waals surface area contributed by atoms with Crippen LogP contribution in [0.25, 0.3) is 0 Å². The summed E-state index contributed by atoms with van der Waals surface area (Å²) in [5, 5.41) is 12.1. The fraction of sp³-hybridized carbons (Fsp3) is 0.857. The second kappa shape index (κ2) is 2.23. The van der Waals surface area contributed by atoms with E-state index in [0.717, 1.165) is 0 Å². The van der Waals surface area contributed by atoms with E-state index in [0.29, 0.717) is 12.8 Å². The maximum atomic E-state index is 10.8. The number of nitrogens with one attached hydrogen (secondary N) is 1. The summed E-state index contributed by atoms with van der Waals surface area (Å²) >= 11 is 0. The number of aliphatic hydroxyl groups is 1. The predicted octanol–water partition coefficient (Wildman–Crippen LogP) is 0.0359. The van der Waals surface area contributed by atoms with E-state index < -0.39 is 11.6 Å². The highest BCUT2D eigenvalue weighted by atomic mass is 16.3. The molecule has 0 aliphatic carbocycles. The number of carbonyl (C=O) groups excluding carboxylic acids is 1. The Morgan fingerprint density at radius 3 is 2.70 bits per heavy atom. The predicted molar refractivity (Wildman–Crippen MR) is 37.5 cm³/mol. The number of amides is 1. The van der Waals surface area contributed by atoms with Crippen molar-refractivity contribution in [3.05, 3.63) is 0 Å². The van der Waals surface area contributed by atoms with Crippen molar-refractivity contribution in [3.8, 4) is 0 Å². The SMILES string of the molecule is CC1(C)NC(=O)CC[C@H]1O. The van der Waals surface area contributed by atoms with Crippen LogP contribution in [0.15, 0.2) is 0 Å². The van der Waals surface area contributed by atoms with E-state index in [1.807, 2.05) is 13.8 Å². The fourth-order valence-corrected chi connectivity index (χ4v) is 1.13. The van der Waals surface area contributed by atoms with Crippen molar-refractivity contribution in [2.75, 3.05) is 0 Å². The first-order valence-electron chi connectivity index (χ1n) is 3.51. The first kappa shape index (κ1) is 7.54. The quantitative estimate of drug-likeness (QED) is 0.503. The number of aliphatic hydroxyl groups excluding tert-OH is 1. The Morgan fingerprint density at radius 1 is 1.70 bits per heavy atom. The van der Waals surface area contributed by atoms with Gasteiger partial charge in [0.15, 0.2) is 0 Å². The number of hydrogen-bond donors (Lipinski definition) is 2. The summed E-state index contributed by atoms with van der Waals surface area (Å²) in [7, 11) is 0. The summed E-state index contributed by atoms with van der Waals surface area (Å²) in [5.74, 6) is 0.0373. The second-order valence-electron chi connectivity index (χ2n) is 3.32. The average molecular weight is 143 g/mol. The molecule has 0 spiro atoms. The van der Waals surface area contributed by atoms with Crippen LogP contribution in [-0.2, 0) is 4.79 Å². The van der Waals surface area contributed by atoms with Crippen LogP contribution in [0.2, 0.25) is 0 Å². The molecule has 1 atom stereocenters. The third kappa shape index (κ3) is 1.29. The molecule has 0 bridgehead atoms. The first-order valence-corrected chi connectivity index (χ1v) is 3.51. The molecule has 0 aromatic heterocycles. The normalized spacial score (nSPS) is 31.5. The van der Waals surface area contributed by atoms with Crippen molar-refractivity contribution in [2.24, 2.45) is 0 Å². The van der Waals surface area contributed by atoms with Gasteiger partial charge in [0.25, 0.3) is 0 Å². The van der Waals surface area contributed by atoms with Gasteiger partial charge >= 0.3 is 0 Å². The minimum absolute atomic E-state index is 0.0373. The molecule has 58 valence electrons. The van der Waals surface area contributed by atoms with E-state index in [1.165, 1.54) is 0 Å². The molecule has 0 aromatic rings. The molecule has 0 radical (unpaired) electrons. The Morgan fingerprint density at radius 2 is 2.30 bits per heavy atom. The van der Waals surface area contributed by atoms with E-state index >= 15 is 0 Å². The van der Waals surface area contributed by atoms with Gasteiger partial charge in [0, 0.05) is 6.42 Å². The van der Waals surface area contributed by atoms with Gasteiger partial charge in [0.1, 0.15) is 0 Å². The molecule has 0 unspecified atom stereocenters. The molecule has 2 N–H and O–H groups in total. The molecular formula is C7H13NO2. The molecule has 1 fully saturated rings. The summed E-state index contributed by atoms with van der Waals surface area (Å²) in [6.45, 7) is 3.66. The van der Waals surface area contributed by atoms with Crippen LogP contribution in [0.5, 0.6) is 0 Å². The highest BCUT2D eigenvalue weighted by Crippen LogP contribution is 2.18. The molecule has 1 aliphatic rings. The second-order valence-corrected chi connectivity index (χ2v) is 3.32. The van der Waals surface area contributed by atoms with Crippen molar-refractivity contribution in [1.29, 1.82) is 0 Å². The summed E-state index contributed by atoms with van der Waals surface area (Å²) < 4.78 is 0. The monoisotopic (exact) mass is 143 g/mol. The van der Waals surface area contributed by atoms with Crippen LogP contribution in [0.4, 0.5) is 0 Å². The van der Waals surface area contributed by atoms with Crippen molar-refractivity contribution in [2.45, 2.75) is 38.3 Å². The van der Waals surface area contributed by atoms with Gasteiger partial charge in [-0.1, -0.05) is 0 Å². The number of piperidine rings is 1. The highest BCUT2D eigenvalue weighted by Gasteiger charge is 2.33. The van der Waals surface area contributed by atoms with Crippen LogP contribution in [0.1, 0.15) is 26.7 Å². The summed E-state index contributed by atoms with van der Waals surface area (Å²) in [6.07, 6.45) is 0.633. The van der Waals surface area contributed by atoms with Gasteiger partial charge in [-0.3, -0.25) is 4.79 Å². The van der Waals surface area contributed by atoms with E-state index in [2.05, 4.69) is 5.32 Å². The average Bonchev–Trinajstić information content (AvgIpc) is 1.78. The molecule has 10 heavy (non-hydrogen) atoms. The zero-order valence-corrected chi connectivity index (χ0v) is 6.35. The summed E-state index contributed by atoms with van der Waals surface area (Å²) in [5.41, 5.74) is -0.435. The molecule has 3 heteroatoms. The van der Waals surface area contributed by atoms with Crippen LogP contribution < -0.4 is 5.32 Å². The zero-order valence-electron chi connectivity index (χ0n) is 6.35. The minimum atomic E-state index is -0.435. The Balaban J connectivity index is 2.63. The Bertz CT molecular complexity index is 154. The topological polar surface area (TPSA) is 49.3 Å². The van der Waals surface area contributed by atoms with Gasteiger partial charge in [-0.2, -0.15) is 0 Å². The van der Waals surface area contributed by atoms with E-state index in [1.54, 1.807) is 0 Å². The molecule has 1 heterocycles. The van der Waals surface area contributed by atoms with Crippen molar-refractivity contribution < 1.29 is 9.90 Å². The maximum Gasteiger partial charge on any atom is 0.220 e. The van der Waals surface area contributed by atoms with Crippen molar-refractivity contribution in [3.63, 3.8) is 0 Å². The lowest BCUT2D eigenvalue weighted by atomic mass is 9.90. The molecule has 3 nitrogen and oxygen atoms in total. The Kier molecular flexibility index (Phi) is 1.68. The van der Waals surface area contributed by atoms with Gasteiger partial charge < -0.3 is 10.4 Å². The lowest BCUT2D eigenvalue weighted by molar-refractivity contribution is -0.128. The molecule has 1 amide bonds. The fourth-order valence-electron chi connectivity index (χ4n) is 1.13. The van der Waals surface area contributed by atoms with Crippen LogP contribution in [0, 0.1) is 0 Å². The smallest absolute Gasteiger partial charge is 0.220 e. The Hall–Kier alpha value is -0.570. The van der Waals surface area contributed by atoms with Gasteiger partial charge in [0.05, 0.1) is 11.6 Å². The van der Waals surface area contributed by atoms with Crippen LogP contribution >= 0.6 is 0 Å². The molecule has 0 aromatic carbocycles. The molecule has 0 saturated carbocycles. The maximum absolute atomic E-state index is 10.8. The first-order chi connectivity index (χ1) is 4.52. The largest absolute Gasteiger partial charge is 0.391 e. The number of carbonyl (C=O) groups is 1. The standard InChI is InChI=1S/C7H13NO2/c1-7(2)5(9)3-4-6(10)8-7/h5,9H,3-4H2,1-2H3,(H,8,10)/t5-/m1/s1. The molecule has 1 rings (SSSR count). The van der Waals surface area contributed by atoms with Crippen LogP contribution in [-0.4, -0.2) is 22.7 Å². The molecular weight excluding hydrogens is 130 g/mol. The lowest BCUT2D eigenvalue weighted by Gasteiger charge is -2.35. The van der Waals surface area contributed by atoms with E-state index in [-0.39, 0.29) is 5.91 Å². The van der Waals surface area contributed by atoms with Gasteiger partial charge in [-0.25, -0.2) is 0 Å². The van der Waals surface area contributed by atoms with Gasteiger partial charge in [0.2, 0.25) is 5.91 Å². The Labute approximate surface area is 60.4 Å². The number of rotatable bonds is 0. The third-order valence-electron chi connectivity index (χ3n) is 1.94. The van der Waals surface area contributed by atoms with E-state index in [9.17, 15) is 9.90 Å². The molecule has 1 saturated heterocycles. The van der Waals surface area contributed by atoms with Crippen molar-refractivity contribution in [1.82, 2.24) is 5.32 Å². The van der Waals surface area contributed by atoms with Crippen molar-refractivity contribution >= 4 is 5.91 Å². The van der Waals surface area contributed by atoms with Gasteiger partial charge in [-0.15, -0.1) is 0 Å².